The van der Waals surface area contributed by atoms with Gasteiger partial charge >= 0.3 is 0 Å². The fourth-order valence-corrected chi connectivity index (χ4v) is 3.11. The predicted octanol–water partition coefficient (Wildman–Crippen LogP) is 3.27. The first kappa shape index (κ1) is 20.6. The highest BCUT2D eigenvalue weighted by molar-refractivity contribution is 9.10. The average Bonchev–Trinajstić information content (AvgIpc) is 2.51. The van der Waals surface area contributed by atoms with Gasteiger partial charge in [-0.25, -0.2) is 0 Å². The summed E-state index contributed by atoms with van der Waals surface area (Å²) in [5.74, 6) is -0.242. The van der Waals surface area contributed by atoms with E-state index in [-0.39, 0.29) is 18.4 Å². The molecule has 0 saturated carbocycles. The minimum absolute atomic E-state index is 0.0467. The molecule has 134 valence electrons. The van der Waals surface area contributed by atoms with Crippen molar-refractivity contribution in [1.82, 2.24) is 9.80 Å². The molecule has 0 aromatic heterocycles. The van der Waals surface area contributed by atoms with E-state index in [1.165, 1.54) is 4.90 Å². The van der Waals surface area contributed by atoms with Gasteiger partial charge in [0.15, 0.2) is 0 Å². The van der Waals surface area contributed by atoms with Crippen LogP contribution in [0.5, 0.6) is 0 Å². The van der Waals surface area contributed by atoms with Crippen molar-refractivity contribution < 1.29 is 9.59 Å². The summed E-state index contributed by atoms with van der Waals surface area (Å²) in [6, 6.07) is 6.05. The number of benzene rings is 1. The van der Waals surface area contributed by atoms with Crippen molar-refractivity contribution in [3.63, 3.8) is 0 Å². The number of carbonyl (C=O) groups excluding carboxylic acids is 2. The Morgan fingerprint density at radius 1 is 1.17 bits per heavy atom. The second-order valence-electron chi connectivity index (χ2n) is 6.14. The molecule has 0 aliphatic carbocycles. The van der Waals surface area contributed by atoms with E-state index >= 15 is 0 Å². The Hall–Kier alpha value is -1.40. The molecule has 1 rings (SSSR count). The highest BCUT2D eigenvalue weighted by atomic mass is 79.9. The van der Waals surface area contributed by atoms with E-state index in [4.69, 9.17) is 0 Å². The largest absolute Gasteiger partial charge is 0.335 e. The van der Waals surface area contributed by atoms with Crippen LogP contribution in [0.1, 0.15) is 32.3 Å². The molecule has 1 aromatic rings. The molecule has 0 unspecified atom stereocenters. The molecular weight excluding hydrogens is 370 g/mol. The Morgan fingerprint density at radius 3 is 2.33 bits per heavy atom. The standard InChI is InChI=1S/C18H28BrN3O2/c1-6-15(7-2)21(4)12-18(24)22(5)11-17(23)20-16-9-8-14(19)10-13(16)3/h8-10,15H,6-7,11-12H2,1-5H3,(H,20,23). The van der Waals surface area contributed by atoms with Crippen LogP contribution >= 0.6 is 15.9 Å². The molecular formula is C18H28BrN3O2. The van der Waals surface area contributed by atoms with Crippen molar-refractivity contribution in [2.75, 3.05) is 32.5 Å². The molecule has 1 N–H and O–H groups in total. The summed E-state index contributed by atoms with van der Waals surface area (Å²) in [6.45, 7) is 6.54. The monoisotopic (exact) mass is 397 g/mol. The zero-order valence-electron chi connectivity index (χ0n) is 15.2. The number of amides is 2. The maximum absolute atomic E-state index is 12.3. The fourth-order valence-electron chi connectivity index (χ4n) is 2.64. The number of carbonyl (C=O) groups is 2. The first-order valence-electron chi connectivity index (χ1n) is 8.28. The molecule has 0 radical (unpaired) electrons. The van der Waals surface area contributed by atoms with Gasteiger partial charge in [0.05, 0.1) is 13.1 Å². The van der Waals surface area contributed by atoms with E-state index in [9.17, 15) is 9.59 Å². The Kier molecular flexibility index (Phi) is 8.42. The van der Waals surface area contributed by atoms with Crippen LogP contribution in [-0.2, 0) is 9.59 Å². The van der Waals surface area contributed by atoms with Crippen LogP contribution < -0.4 is 5.32 Å². The predicted molar refractivity (Wildman–Crippen MR) is 102 cm³/mol. The summed E-state index contributed by atoms with van der Waals surface area (Å²) in [6.07, 6.45) is 2.01. The number of nitrogens with zero attached hydrogens (tertiary/aromatic N) is 2. The summed E-state index contributed by atoms with van der Waals surface area (Å²) in [5.41, 5.74) is 1.73. The molecule has 0 atom stereocenters. The van der Waals surface area contributed by atoms with Crippen molar-refractivity contribution >= 4 is 33.4 Å². The first-order valence-corrected chi connectivity index (χ1v) is 9.07. The van der Waals surface area contributed by atoms with Gasteiger partial charge < -0.3 is 10.2 Å². The Bertz CT molecular complexity index is 573. The summed E-state index contributed by atoms with van der Waals surface area (Å²) in [7, 11) is 3.62. The molecule has 0 aliphatic heterocycles. The molecule has 24 heavy (non-hydrogen) atoms. The summed E-state index contributed by atoms with van der Waals surface area (Å²) in [4.78, 5) is 28.0. The van der Waals surface area contributed by atoms with Crippen LogP contribution in [0, 0.1) is 6.92 Å². The van der Waals surface area contributed by atoms with Gasteiger partial charge in [-0.3, -0.25) is 14.5 Å². The fraction of sp³-hybridized carbons (Fsp3) is 0.556. The van der Waals surface area contributed by atoms with Crippen molar-refractivity contribution in [3.8, 4) is 0 Å². The van der Waals surface area contributed by atoms with E-state index in [1.54, 1.807) is 7.05 Å². The number of hydrogen-bond donors (Lipinski definition) is 1. The normalized spacial score (nSPS) is 11.0. The number of anilines is 1. The van der Waals surface area contributed by atoms with Gasteiger partial charge in [-0.15, -0.1) is 0 Å². The van der Waals surface area contributed by atoms with Crippen molar-refractivity contribution in [2.45, 2.75) is 39.7 Å². The molecule has 1 aromatic carbocycles. The zero-order valence-corrected chi connectivity index (χ0v) is 16.8. The van der Waals surface area contributed by atoms with E-state index in [2.05, 4.69) is 40.0 Å². The smallest absolute Gasteiger partial charge is 0.243 e. The highest BCUT2D eigenvalue weighted by Crippen LogP contribution is 2.19. The van der Waals surface area contributed by atoms with Gasteiger partial charge in [0.2, 0.25) is 11.8 Å². The number of rotatable bonds is 8. The topological polar surface area (TPSA) is 52.7 Å². The van der Waals surface area contributed by atoms with E-state index in [0.29, 0.717) is 12.6 Å². The lowest BCUT2D eigenvalue weighted by molar-refractivity contribution is -0.134. The Labute approximate surface area is 153 Å². The van der Waals surface area contributed by atoms with Crippen LogP contribution in [0.15, 0.2) is 22.7 Å². The first-order chi connectivity index (χ1) is 11.3. The molecule has 0 heterocycles. The van der Waals surface area contributed by atoms with Gasteiger partial charge in [-0.2, -0.15) is 0 Å². The molecule has 5 nitrogen and oxygen atoms in total. The van der Waals surface area contributed by atoms with Crippen molar-refractivity contribution in [1.29, 1.82) is 0 Å². The van der Waals surface area contributed by atoms with Crippen molar-refractivity contribution in [3.05, 3.63) is 28.2 Å². The molecule has 0 fully saturated rings. The zero-order chi connectivity index (χ0) is 18.3. The third-order valence-corrected chi connectivity index (χ3v) is 4.71. The van der Waals surface area contributed by atoms with Crippen LogP contribution in [0.25, 0.3) is 0 Å². The Balaban J connectivity index is 2.55. The molecule has 6 heteroatoms. The summed E-state index contributed by atoms with van der Waals surface area (Å²) < 4.78 is 0.967. The SMILES string of the molecule is CCC(CC)N(C)CC(=O)N(C)CC(=O)Nc1ccc(Br)cc1C. The molecule has 0 aliphatic rings. The molecule has 2 amide bonds. The van der Waals surface area contributed by atoms with Crippen LogP contribution in [0.4, 0.5) is 5.69 Å². The van der Waals surface area contributed by atoms with Crippen LogP contribution in [-0.4, -0.2) is 54.8 Å². The van der Waals surface area contributed by atoms with Crippen molar-refractivity contribution in [2.24, 2.45) is 0 Å². The summed E-state index contributed by atoms with van der Waals surface area (Å²) >= 11 is 3.40. The quantitative estimate of drug-likeness (QED) is 0.731. The second kappa shape index (κ2) is 9.79. The third-order valence-electron chi connectivity index (χ3n) is 4.22. The lowest BCUT2D eigenvalue weighted by Gasteiger charge is -2.27. The minimum Gasteiger partial charge on any atom is -0.335 e. The highest BCUT2D eigenvalue weighted by Gasteiger charge is 2.18. The molecule has 0 spiro atoms. The van der Waals surface area contributed by atoms with Gasteiger partial charge in [-0.05, 0) is 50.6 Å². The Morgan fingerprint density at radius 2 is 1.79 bits per heavy atom. The van der Waals surface area contributed by atoms with Gasteiger partial charge in [0.1, 0.15) is 0 Å². The minimum atomic E-state index is -0.193. The molecule has 0 saturated heterocycles. The summed E-state index contributed by atoms with van der Waals surface area (Å²) in [5, 5.41) is 2.85. The van der Waals surface area contributed by atoms with Gasteiger partial charge in [-0.1, -0.05) is 29.8 Å². The number of likely N-dealkylation sites (N-methyl/N-ethyl adjacent to an activating group) is 2. The lowest BCUT2D eigenvalue weighted by atomic mass is 10.1. The second-order valence-corrected chi connectivity index (χ2v) is 7.06. The van der Waals surface area contributed by atoms with E-state index in [1.807, 2.05) is 32.2 Å². The number of aryl methyl sites for hydroxylation is 1. The van der Waals surface area contributed by atoms with E-state index < -0.39 is 0 Å². The maximum atomic E-state index is 12.3. The maximum Gasteiger partial charge on any atom is 0.243 e. The number of halogens is 1. The molecule has 0 bridgehead atoms. The lowest BCUT2D eigenvalue weighted by Crippen LogP contribution is -2.43. The third kappa shape index (κ3) is 6.24. The van der Waals surface area contributed by atoms with E-state index in [0.717, 1.165) is 28.6 Å². The number of nitrogens with one attached hydrogen (secondary N) is 1. The van der Waals surface area contributed by atoms with Crippen LogP contribution in [0.3, 0.4) is 0 Å². The number of hydrogen-bond acceptors (Lipinski definition) is 3. The average molecular weight is 398 g/mol. The van der Waals surface area contributed by atoms with Crippen LogP contribution in [0.2, 0.25) is 0 Å². The van der Waals surface area contributed by atoms with Gasteiger partial charge in [0.25, 0.3) is 0 Å². The van der Waals surface area contributed by atoms with Gasteiger partial charge in [0, 0.05) is 23.2 Å².